The quantitative estimate of drug-likeness (QED) is 0.0261. The summed E-state index contributed by atoms with van der Waals surface area (Å²) in [4.78, 5) is 38.1. The summed E-state index contributed by atoms with van der Waals surface area (Å²) < 4.78 is 16.9. The van der Waals surface area contributed by atoms with Gasteiger partial charge in [-0.05, 0) is 57.8 Å². The van der Waals surface area contributed by atoms with E-state index in [1.54, 1.807) is 0 Å². The Morgan fingerprint density at radius 2 is 0.500 bits per heavy atom. The summed E-state index contributed by atoms with van der Waals surface area (Å²) in [7, 11) is 0. The van der Waals surface area contributed by atoms with Gasteiger partial charge >= 0.3 is 17.9 Å². The van der Waals surface area contributed by atoms with Crippen molar-refractivity contribution >= 4 is 17.9 Å². The van der Waals surface area contributed by atoms with Gasteiger partial charge in [-0.25, -0.2) is 0 Å². The summed E-state index contributed by atoms with van der Waals surface area (Å²) in [6, 6.07) is 0. The molecule has 0 rings (SSSR count). The van der Waals surface area contributed by atoms with Crippen molar-refractivity contribution in [3.8, 4) is 0 Å². The molecule has 0 aliphatic carbocycles. The molecule has 1 unspecified atom stereocenters. The maximum atomic E-state index is 12.9. The molecular formula is C72H132O6. The van der Waals surface area contributed by atoms with Gasteiger partial charge in [0.1, 0.15) is 13.2 Å². The van der Waals surface area contributed by atoms with Gasteiger partial charge in [0.25, 0.3) is 0 Å². The van der Waals surface area contributed by atoms with Crippen molar-refractivity contribution in [2.24, 2.45) is 0 Å². The van der Waals surface area contributed by atoms with E-state index in [1.165, 1.54) is 250 Å². The molecule has 6 heteroatoms. The van der Waals surface area contributed by atoms with Gasteiger partial charge in [0, 0.05) is 19.3 Å². The molecular weight excluding hydrogens is 961 g/mol. The summed E-state index contributed by atoms with van der Waals surface area (Å²) in [5.74, 6) is -0.845. The van der Waals surface area contributed by atoms with E-state index in [4.69, 9.17) is 14.2 Å². The predicted molar refractivity (Wildman–Crippen MR) is 339 cm³/mol. The van der Waals surface area contributed by atoms with Crippen molar-refractivity contribution in [3.05, 3.63) is 48.6 Å². The fourth-order valence-corrected chi connectivity index (χ4v) is 10.4. The Balaban J connectivity index is 3.97. The highest BCUT2D eigenvalue weighted by atomic mass is 16.6. The predicted octanol–water partition coefficient (Wildman–Crippen LogP) is 23.7. The Bertz CT molecular complexity index is 1350. The van der Waals surface area contributed by atoms with Crippen LogP contribution in [0.5, 0.6) is 0 Å². The van der Waals surface area contributed by atoms with Gasteiger partial charge in [-0.2, -0.15) is 0 Å². The normalized spacial score (nSPS) is 12.3. The van der Waals surface area contributed by atoms with Crippen molar-refractivity contribution < 1.29 is 28.6 Å². The number of allylic oxidation sites excluding steroid dienone is 8. The SMILES string of the molecule is CC/C=C\C/C=C\C/C=C\C/C=C\CCCCCCCCCCCCCCCCCCCCCCC(=O)OCC(COC(=O)CCCCCCCCC)OC(=O)CCCCCCCCCCCCCCCCCCCCCC. The summed E-state index contributed by atoms with van der Waals surface area (Å²) in [5, 5.41) is 0. The average molecular weight is 1090 g/mol. The van der Waals surface area contributed by atoms with E-state index >= 15 is 0 Å². The number of carbonyl (C=O) groups is 3. The lowest BCUT2D eigenvalue weighted by Crippen LogP contribution is -2.30. The fraction of sp³-hybridized carbons (Fsp3) is 0.847. The minimum Gasteiger partial charge on any atom is -0.462 e. The monoisotopic (exact) mass is 1090 g/mol. The maximum Gasteiger partial charge on any atom is 0.306 e. The third kappa shape index (κ3) is 64.2. The zero-order valence-corrected chi connectivity index (χ0v) is 52.5. The number of esters is 3. The van der Waals surface area contributed by atoms with E-state index in [0.717, 1.165) is 83.5 Å². The molecule has 0 spiro atoms. The Hall–Kier alpha value is -2.63. The molecule has 0 heterocycles. The van der Waals surface area contributed by atoms with Gasteiger partial charge in [-0.15, -0.1) is 0 Å². The van der Waals surface area contributed by atoms with Gasteiger partial charge in [0.15, 0.2) is 6.10 Å². The van der Waals surface area contributed by atoms with E-state index in [-0.39, 0.29) is 31.1 Å². The van der Waals surface area contributed by atoms with Crippen LogP contribution >= 0.6 is 0 Å². The molecule has 0 aliphatic rings. The Kier molecular flexibility index (Phi) is 64.6. The molecule has 0 aliphatic heterocycles. The second kappa shape index (κ2) is 66.9. The highest BCUT2D eigenvalue weighted by Gasteiger charge is 2.19. The molecule has 0 fully saturated rings. The highest BCUT2D eigenvalue weighted by molar-refractivity contribution is 5.71. The van der Waals surface area contributed by atoms with Crippen LogP contribution in [-0.2, 0) is 28.6 Å². The number of carbonyl (C=O) groups excluding carboxylic acids is 3. The summed E-state index contributed by atoms with van der Waals surface area (Å²) in [6.45, 7) is 6.55. The molecule has 0 aromatic carbocycles. The Morgan fingerprint density at radius 3 is 0.782 bits per heavy atom. The molecule has 0 aromatic heterocycles. The fourth-order valence-electron chi connectivity index (χ4n) is 10.4. The number of rotatable bonds is 64. The summed E-state index contributed by atoms with van der Waals surface area (Å²) in [6.07, 6.45) is 84.6. The molecule has 6 nitrogen and oxygen atoms in total. The van der Waals surface area contributed by atoms with Crippen molar-refractivity contribution in [2.75, 3.05) is 13.2 Å². The largest absolute Gasteiger partial charge is 0.462 e. The first-order valence-corrected chi connectivity index (χ1v) is 34.6. The highest BCUT2D eigenvalue weighted by Crippen LogP contribution is 2.19. The van der Waals surface area contributed by atoms with E-state index in [0.29, 0.717) is 19.3 Å². The van der Waals surface area contributed by atoms with Gasteiger partial charge < -0.3 is 14.2 Å². The van der Waals surface area contributed by atoms with Crippen LogP contribution in [0.4, 0.5) is 0 Å². The zero-order chi connectivity index (χ0) is 56.4. The van der Waals surface area contributed by atoms with Crippen LogP contribution in [0.25, 0.3) is 0 Å². The first-order valence-electron chi connectivity index (χ1n) is 34.6. The van der Waals surface area contributed by atoms with E-state index in [1.807, 2.05) is 0 Å². The van der Waals surface area contributed by atoms with E-state index in [2.05, 4.69) is 69.4 Å². The van der Waals surface area contributed by atoms with Crippen molar-refractivity contribution in [2.45, 2.75) is 380 Å². The third-order valence-electron chi connectivity index (χ3n) is 15.6. The van der Waals surface area contributed by atoms with Crippen molar-refractivity contribution in [1.29, 1.82) is 0 Å². The number of unbranched alkanes of at least 4 members (excludes halogenated alkanes) is 45. The van der Waals surface area contributed by atoms with Crippen LogP contribution < -0.4 is 0 Å². The number of hydrogen-bond donors (Lipinski definition) is 0. The smallest absolute Gasteiger partial charge is 0.306 e. The molecule has 456 valence electrons. The minimum absolute atomic E-state index is 0.0656. The minimum atomic E-state index is -0.765. The summed E-state index contributed by atoms with van der Waals surface area (Å²) >= 11 is 0. The molecule has 0 aromatic rings. The van der Waals surface area contributed by atoms with Crippen LogP contribution in [0.1, 0.15) is 374 Å². The lowest BCUT2D eigenvalue weighted by Gasteiger charge is -2.18. The first kappa shape index (κ1) is 75.4. The Labute approximate surface area is 486 Å². The first-order chi connectivity index (χ1) is 38.5. The number of ether oxygens (including phenoxy) is 3. The third-order valence-corrected chi connectivity index (χ3v) is 15.6. The maximum absolute atomic E-state index is 12.9. The van der Waals surface area contributed by atoms with Gasteiger partial charge in [0.05, 0.1) is 0 Å². The van der Waals surface area contributed by atoms with Gasteiger partial charge in [-0.1, -0.05) is 345 Å². The van der Waals surface area contributed by atoms with Crippen LogP contribution in [0.15, 0.2) is 48.6 Å². The number of hydrogen-bond acceptors (Lipinski definition) is 6. The Morgan fingerprint density at radius 1 is 0.269 bits per heavy atom. The topological polar surface area (TPSA) is 78.9 Å². The lowest BCUT2D eigenvalue weighted by molar-refractivity contribution is -0.167. The van der Waals surface area contributed by atoms with Crippen LogP contribution in [0.3, 0.4) is 0 Å². The molecule has 0 N–H and O–H groups in total. The van der Waals surface area contributed by atoms with Crippen LogP contribution in [-0.4, -0.2) is 37.2 Å². The molecule has 0 saturated heterocycles. The molecule has 0 bridgehead atoms. The second-order valence-corrected chi connectivity index (χ2v) is 23.4. The molecule has 1 atom stereocenters. The van der Waals surface area contributed by atoms with E-state index < -0.39 is 6.10 Å². The molecule has 0 radical (unpaired) electrons. The second-order valence-electron chi connectivity index (χ2n) is 23.4. The lowest BCUT2D eigenvalue weighted by atomic mass is 10.0. The molecule has 0 saturated carbocycles. The van der Waals surface area contributed by atoms with Gasteiger partial charge in [0.2, 0.25) is 0 Å². The van der Waals surface area contributed by atoms with Crippen molar-refractivity contribution in [1.82, 2.24) is 0 Å². The standard InChI is InChI=1S/C72H132O6/c1-4-7-10-13-16-18-20-22-24-26-28-30-31-32-33-34-35-36-37-38-39-40-41-42-44-45-47-49-51-53-56-59-62-65-71(74)77-68-69(67-76-70(73)64-61-58-55-15-12-9-6-3)78-72(75)66-63-60-57-54-52-50-48-46-43-29-27-25-23-21-19-17-14-11-8-5-2/h7,10,16,18,22,24,28,30,69H,4-6,8-9,11-15,17,19-21,23,25-27,29,31-68H2,1-3H3/b10-7-,18-16-,24-22-,30-28-. The van der Waals surface area contributed by atoms with Crippen LogP contribution in [0, 0.1) is 0 Å². The summed E-state index contributed by atoms with van der Waals surface area (Å²) in [5.41, 5.74) is 0. The molecule has 78 heavy (non-hydrogen) atoms. The average Bonchev–Trinajstić information content (AvgIpc) is 3.44. The van der Waals surface area contributed by atoms with Crippen molar-refractivity contribution in [3.63, 3.8) is 0 Å². The zero-order valence-electron chi connectivity index (χ0n) is 52.5. The van der Waals surface area contributed by atoms with Gasteiger partial charge in [-0.3, -0.25) is 14.4 Å². The molecule has 0 amide bonds. The van der Waals surface area contributed by atoms with Crippen LogP contribution in [0.2, 0.25) is 0 Å². The van der Waals surface area contributed by atoms with E-state index in [9.17, 15) is 14.4 Å².